The van der Waals surface area contributed by atoms with E-state index >= 15 is 0 Å². The maximum Gasteiger partial charge on any atom is 0.239 e. The first-order valence-corrected chi connectivity index (χ1v) is 8.52. The van der Waals surface area contributed by atoms with Crippen molar-refractivity contribution in [2.24, 2.45) is 7.05 Å². The van der Waals surface area contributed by atoms with Crippen molar-refractivity contribution in [2.45, 2.75) is 18.8 Å². The number of amides is 1. The van der Waals surface area contributed by atoms with Gasteiger partial charge in [-0.05, 0) is 48.9 Å². The minimum absolute atomic E-state index is 0.0521. The lowest BCUT2D eigenvalue weighted by Gasteiger charge is -2.30. The van der Waals surface area contributed by atoms with Crippen LogP contribution in [0.1, 0.15) is 29.9 Å². The van der Waals surface area contributed by atoms with Crippen LogP contribution in [-0.4, -0.2) is 40.2 Å². The number of carbonyl (C=O) groups excluding carboxylic acids is 1. The Bertz CT molecular complexity index is 721. The van der Waals surface area contributed by atoms with E-state index in [0.717, 1.165) is 25.9 Å². The number of thiophene rings is 1. The van der Waals surface area contributed by atoms with Crippen LogP contribution in [0.2, 0.25) is 0 Å². The predicted octanol–water partition coefficient (Wildman–Crippen LogP) is 2.17. The lowest BCUT2D eigenvalue weighted by Crippen LogP contribution is -2.38. The van der Waals surface area contributed by atoms with E-state index in [2.05, 4.69) is 27.6 Å². The summed E-state index contributed by atoms with van der Waals surface area (Å²) in [6.45, 7) is 2.19. The number of nitrogens with one attached hydrogen (secondary N) is 1. The van der Waals surface area contributed by atoms with Crippen LogP contribution < -0.4 is 5.32 Å². The summed E-state index contributed by atoms with van der Waals surface area (Å²) in [5, 5.41) is 18.5. The Morgan fingerprint density at radius 2 is 2.30 bits per heavy atom. The van der Waals surface area contributed by atoms with Crippen LogP contribution in [0.5, 0.6) is 0 Å². The highest BCUT2D eigenvalue weighted by molar-refractivity contribution is 7.14. The molecule has 0 radical (unpaired) electrons. The van der Waals surface area contributed by atoms with Gasteiger partial charge in [0.2, 0.25) is 5.91 Å². The zero-order chi connectivity index (χ0) is 16.2. The summed E-state index contributed by atoms with van der Waals surface area (Å²) in [6, 6.07) is 3.81. The van der Waals surface area contributed by atoms with E-state index in [0.29, 0.717) is 23.0 Å². The molecular formula is C16H19N5OS. The Balaban J connectivity index is 1.49. The average molecular weight is 329 g/mol. The molecule has 3 rings (SSSR count). The van der Waals surface area contributed by atoms with Gasteiger partial charge in [-0.3, -0.25) is 14.4 Å². The number of nitriles is 1. The fourth-order valence-electron chi connectivity index (χ4n) is 2.94. The Kier molecular flexibility index (Phi) is 4.74. The number of aromatic nitrogens is 2. The van der Waals surface area contributed by atoms with Gasteiger partial charge in [-0.1, -0.05) is 0 Å². The summed E-state index contributed by atoms with van der Waals surface area (Å²) in [5.74, 6) is 0.481. The van der Waals surface area contributed by atoms with E-state index in [1.54, 1.807) is 6.07 Å². The molecule has 7 heteroatoms. The SMILES string of the molecule is Cn1cc(C2CCN(CC(=O)Nc3sccc3C#N)CC2)cn1. The van der Waals surface area contributed by atoms with E-state index < -0.39 is 0 Å². The zero-order valence-corrected chi connectivity index (χ0v) is 13.8. The molecule has 2 aromatic rings. The molecule has 1 amide bonds. The Morgan fingerprint density at radius 3 is 2.96 bits per heavy atom. The van der Waals surface area contributed by atoms with Gasteiger partial charge in [0.05, 0.1) is 18.3 Å². The maximum absolute atomic E-state index is 12.1. The molecule has 0 saturated carbocycles. The average Bonchev–Trinajstić information content (AvgIpc) is 3.16. The standard InChI is InChI=1S/C16H19N5OS/c1-20-10-14(9-18-20)12-2-5-21(6-3-12)11-15(22)19-16-13(8-17)4-7-23-16/h4,7,9-10,12H,2-3,5-6,11H2,1H3,(H,19,22). The number of hydrogen-bond donors (Lipinski definition) is 1. The van der Waals surface area contributed by atoms with Crippen LogP contribution >= 0.6 is 11.3 Å². The van der Waals surface area contributed by atoms with Crippen LogP contribution in [0.3, 0.4) is 0 Å². The molecule has 2 aromatic heterocycles. The van der Waals surface area contributed by atoms with Crippen molar-refractivity contribution < 1.29 is 4.79 Å². The summed E-state index contributed by atoms with van der Waals surface area (Å²) >= 11 is 1.38. The van der Waals surface area contributed by atoms with E-state index in [1.165, 1.54) is 16.9 Å². The number of piperidine rings is 1. The van der Waals surface area contributed by atoms with Crippen molar-refractivity contribution in [2.75, 3.05) is 25.0 Å². The number of likely N-dealkylation sites (tertiary alicyclic amines) is 1. The summed E-state index contributed by atoms with van der Waals surface area (Å²) in [6.07, 6.45) is 6.10. The third-order valence-electron chi connectivity index (χ3n) is 4.19. The van der Waals surface area contributed by atoms with Crippen molar-refractivity contribution in [1.82, 2.24) is 14.7 Å². The zero-order valence-electron chi connectivity index (χ0n) is 13.0. The van der Waals surface area contributed by atoms with Gasteiger partial charge in [-0.2, -0.15) is 10.4 Å². The van der Waals surface area contributed by atoms with Gasteiger partial charge in [-0.25, -0.2) is 0 Å². The highest BCUT2D eigenvalue weighted by atomic mass is 32.1. The Labute approximate surface area is 139 Å². The summed E-state index contributed by atoms with van der Waals surface area (Å²) < 4.78 is 1.84. The number of nitrogens with zero attached hydrogens (tertiary/aromatic N) is 4. The predicted molar refractivity (Wildman–Crippen MR) is 89.3 cm³/mol. The quantitative estimate of drug-likeness (QED) is 0.933. The molecule has 0 atom stereocenters. The van der Waals surface area contributed by atoms with Crippen molar-refractivity contribution in [3.8, 4) is 6.07 Å². The highest BCUT2D eigenvalue weighted by Crippen LogP contribution is 2.27. The molecular weight excluding hydrogens is 310 g/mol. The highest BCUT2D eigenvalue weighted by Gasteiger charge is 2.23. The lowest BCUT2D eigenvalue weighted by atomic mass is 9.91. The summed E-state index contributed by atoms with van der Waals surface area (Å²) in [5.41, 5.74) is 1.81. The second kappa shape index (κ2) is 6.94. The molecule has 23 heavy (non-hydrogen) atoms. The smallest absolute Gasteiger partial charge is 0.239 e. The molecule has 1 fully saturated rings. The monoisotopic (exact) mass is 329 g/mol. The molecule has 120 valence electrons. The molecule has 0 aromatic carbocycles. The molecule has 0 aliphatic carbocycles. The fraction of sp³-hybridized carbons (Fsp3) is 0.438. The Morgan fingerprint density at radius 1 is 1.52 bits per heavy atom. The van der Waals surface area contributed by atoms with E-state index in [4.69, 9.17) is 5.26 Å². The minimum atomic E-state index is -0.0521. The first-order chi connectivity index (χ1) is 11.2. The second-order valence-electron chi connectivity index (χ2n) is 5.82. The van der Waals surface area contributed by atoms with Crippen LogP contribution in [0, 0.1) is 11.3 Å². The molecule has 3 heterocycles. The Hall–Kier alpha value is -2.17. The van der Waals surface area contributed by atoms with Gasteiger partial charge >= 0.3 is 0 Å². The van der Waals surface area contributed by atoms with Crippen LogP contribution in [-0.2, 0) is 11.8 Å². The number of anilines is 1. The van der Waals surface area contributed by atoms with Crippen molar-refractivity contribution >= 4 is 22.2 Å². The maximum atomic E-state index is 12.1. The van der Waals surface area contributed by atoms with Crippen molar-refractivity contribution in [3.05, 3.63) is 35.0 Å². The minimum Gasteiger partial charge on any atom is -0.315 e. The van der Waals surface area contributed by atoms with E-state index in [1.807, 2.05) is 23.3 Å². The largest absolute Gasteiger partial charge is 0.315 e. The second-order valence-corrected chi connectivity index (χ2v) is 6.74. The number of aryl methyl sites for hydroxylation is 1. The third-order valence-corrected chi connectivity index (χ3v) is 5.02. The van der Waals surface area contributed by atoms with Crippen molar-refractivity contribution in [1.29, 1.82) is 5.26 Å². The van der Waals surface area contributed by atoms with Crippen LogP contribution in [0.15, 0.2) is 23.8 Å². The number of rotatable bonds is 4. The summed E-state index contributed by atoms with van der Waals surface area (Å²) in [4.78, 5) is 14.3. The molecule has 0 spiro atoms. The van der Waals surface area contributed by atoms with Gasteiger partial charge in [-0.15, -0.1) is 11.3 Å². The molecule has 1 aliphatic heterocycles. The molecule has 1 saturated heterocycles. The normalized spacial score (nSPS) is 16.2. The first kappa shape index (κ1) is 15.7. The molecule has 1 N–H and O–H groups in total. The van der Waals surface area contributed by atoms with Crippen LogP contribution in [0.25, 0.3) is 0 Å². The van der Waals surface area contributed by atoms with Crippen LogP contribution in [0.4, 0.5) is 5.00 Å². The van der Waals surface area contributed by atoms with E-state index in [-0.39, 0.29) is 5.91 Å². The number of carbonyl (C=O) groups is 1. The van der Waals surface area contributed by atoms with Gasteiger partial charge in [0.1, 0.15) is 11.1 Å². The lowest BCUT2D eigenvalue weighted by molar-refractivity contribution is -0.117. The molecule has 0 unspecified atom stereocenters. The van der Waals surface area contributed by atoms with Crippen molar-refractivity contribution in [3.63, 3.8) is 0 Å². The van der Waals surface area contributed by atoms with Gasteiger partial charge in [0.15, 0.2) is 0 Å². The fourth-order valence-corrected chi connectivity index (χ4v) is 3.69. The van der Waals surface area contributed by atoms with Gasteiger partial charge < -0.3 is 5.32 Å². The third kappa shape index (κ3) is 3.78. The summed E-state index contributed by atoms with van der Waals surface area (Å²) in [7, 11) is 1.93. The molecule has 6 nitrogen and oxygen atoms in total. The van der Waals surface area contributed by atoms with Gasteiger partial charge in [0, 0.05) is 13.2 Å². The topological polar surface area (TPSA) is 74.0 Å². The molecule has 0 bridgehead atoms. The van der Waals surface area contributed by atoms with Gasteiger partial charge in [0.25, 0.3) is 0 Å². The number of hydrogen-bond acceptors (Lipinski definition) is 5. The first-order valence-electron chi connectivity index (χ1n) is 7.64. The molecule has 1 aliphatic rings. The van der Waals surface area contributed by atoms with E-state index in [9.17, 15) is 4.79 Å².